The van der Waals surface area contributed by atoms with Gasteiger partial charge in [-0.25, -0.2) is 13.2 Å². The van der Waals surface area contributed by atoms with Gasteiger partial charge in [-0.15, -0.1) is 0 Å². The van der Waals surface area contributed by atoms with Crippen LogP contribution >= 0.6 is 0 Å². The van der Waals surface area contributed by atoms with E-state index in [4.69, 9.17) is 0 Å². The molecule has 5 nitrogen and oxygen atoms in total. The van der Waals surface area contributed by atoms with Crippen LogP contribution in [0.3, 0.4) is 0 Å². The molecule has 0 unspecified atom stereocenters. The van der Waals surface area contributed by atoms with E-state index in [1.165, 1.54) is 11.4 Å². The van der Waals surface area contributed by atoms with Gasteiger partial charge < -0.3 is 4.74 Å². The van der Waals surface area contributed by atoms with Crippen molar-refractivity contribution in [3.63, 3.8) is 0 Å². The molecule has 0 aromatic heterocycles. The van der Waals surface area contributed by atoms with Crippen LogP contribution in [0.2, 0.25) is 0 Å². The molecule has 0 atom stereocenters. The van der Waals surface area contributed by atoms with Gasteiger partial charge in [-0.2, -0.15) is 4.31 Å². The number of carbonyl (C=O) groups excluding carboxylic acids is 1. The molecule has 0 saturated carbocycles. The monoisotopic (exact) mass is 361 g/mol. The Bertz CT molecular complexity index is 798. The maximum absolute atomic E-state index is 13.0. The Kier molecular flexibility index (Phi) is 6.80. The number of allylic oxidation sites excluding steroid dienone is 1. The molecule has 0 radical (unpaired) electrons. The summed E-state index contributed by atoms with van der Waals surface area (Å²) in [5.74, 6) is 4.23. The molecule has 0 N–H and O–H groups in total. The summed E-state index contributed by atoms with van der Waals surface area (Å²) in [6.07, 6.45) is 6.18. The van der Waals surface area contributed by atoms with Crippen molar-refractivity contribution in [2.75, 3.05) is 20.2 Å². The third kappa shape index (κ3) is 5.45. The number of hydrogen-bond acceptors (Lipinski definition) is 4. The van der Waals surface area contributed by atoms with Crippen molar-refractivity contribution >= 4 is 16.0 Å². The number of carbonyl (C=O) groups is 1. The van der Waals surface area contributed by atoms with Crippen molar-refractivity contribution in [3.8, 4) is 11.8 Å². The maximum atomic E-state index is 13.0. The minimum Gasteiger partial charge on any atom is -0.459 e. The predicted molar refractivity (Wildman–Crippen MR) is 96.3 cm³/mol. The number of sulfonamides is 1. The van der Waals surface area contributed by atoms with E-state index in [9.17, 15) is 13.2 Å². The lowest BCUT2D eigenvalue weighted by Gasteiger charge is -2.23. The summed E-state index contributed by atoms with van der Waals surface area (Å²) in [6.45, 7) is 2.15. The summed E-state index contributed by atoms with van der Waals surface area (Å²) in [5, 5.41) is 0. The number of benzene rings is 1. The molecule has 0 saturated heterocycles. The molecule has 1 aliphatic carbocycles. The summed E-state index contributed by atoms with van der Waals surface area (Å²) in [4.78, 5) is 11.4. The molecule has 134 valence electrons. The van der Waals surface area contributed by atoms with Gasteiger partial charge in [0, 0.05) is 12.5 Å². The lowest BCUT2D eigenvalue weighted by Crippen LogP contribution is -2.33. The molecule has 0 spiro atoms. The van der Waals surface area contributed by atoms with Crippen molar-refractivity contribution in [1.82, 2.24) is 4.31 Å². The van der Waals surface area contributed by atoms with Crippen LogP contribution in [0.15, 0.2) is 40.8 Å². The molecule has 1 aromatic rings. The minimum atomic E-state index is -3.68. The number of aryl methyl sites for hydroxylation is 1. The van der Waals surface area contributed by atoms with Crippen molar-refractivity contribution in [2.24, 2.45) is 0 Å². The van der Waals surface area contributed by atoms with Crippen LogP contribution in [0, 0.1) is 18.8 Å². The van der Waals surface area contributed by atoms with Crippen LogP contribution in [0.1, 0.15) is 31.2 Å². The first kappa shape index (κ1) is 19.2. The van der Waals surface area contributed by atoms with Crippen molar-refractivity contribution in [3.05, 3.63) is 41.5 Å². The van der Waals surface area contributed by atoms with Crippen LogP contribution in [0.5, 0.6) is 0 Å². The van der Waals surface area contributed by atoms with Gasteiger partial charge in [-0.05, 0) is 44.7 Å². The van der Waals surface area contributed by atoms with E-state index in [0.29, 0.717) is 6.54 Å². The molecule has 0 fully saturated rings. The number of rotatable bonds is 5. The van der Waals surface area contributed by atoms with Gasteiger partial charge in [-0.3, -0.25) is 0 Å². The van der Waals surface area contributed by atoms with Gasteiger partial charge in [0.05, 0.1) is 18.6 Å². The van der Waals surface area contributed by atoms with Crippen LogP contribution in [0.25, 0.3) is 0 Å². The molecule has 0 heterocycles. The van der Waals surface area contributed by atoms with Gasteiger partial charge in [0.2, 0.25) is 10.0 Å². The third-order valence-corrected chi connectivity index (χ3v) is 5.86. The van der Waals surface area contributed by atoms with E-state index in [0.717, 1.165) is 36.8 Å². The molecule has 6 heteroatoms. The lowest BCUT2D eigenvalue weighted by atomic mass is 10.00. The van der Waals surface area contributed by atoms with E-state index in [1.54, 1.807) is 24.3 Å². The zero-order valence-electron chi connectivity index (χ0n) is 14.6. The molecule has 2 rings (SSSR count). The van der Waals surface area contributed by atoms with E-state index in [1.807, 2.05) is 6.92 Å². The van der Waals surface area contributed by atoms with Gasteiger partial charge >= 0.3 is 5.97 Å². The third-order valence-electron chi connectivity index (χ3n) is 4.05. The molecular formula is C19H23NO4S. The Morgan fingerprint density at radius 1 is 1.24 bits per heavy atom. The fourth-order valence-electron chi connectivity index (χ4n) is 2.61. The largest absolute Gasteiger partial charge is 0.459 e. The standard InChI is InChI=1S/C19H23NO4S/c1-16-10-12-18(13-11-16)25(22,23)20(14-6-9-19(21)24-2)15-17-7-4-3-5-8-17/h7,10-13H,3-5,8,14-15H2,1-2H3. The highest BCUT2D eigenvalue weighted by atomic mass is 32.2. The summed E-state index contributed by atoms with van der Waals surface area (Å²) in [5.41, 5.74) is 2.09. The zero-order chi connectivity index (χ0) is 18.3. The van der Waals surface area contributed by atoms with Crippen LogP contribution in [0.4, 0.5) is 0 Å². The zero-order valence-corrected chi connectivity index (χ0v) is 15.4. The topological polar surface area (TPSA) is 63.7 Å². The fraction of sp³-hybridized carbons (Fsp3) is 0.421. The maximum Gasteiger partial charge on any atom is 0.384 e. The Balaban J connectivity index is 2.27. The normalized spacial score (nSPS) is 14.4. The molecule has 1 aromatic carbocycles. The van der Waals surface area contributed by atoms with E-state index in [-0.39, 0.29) is 11.4 Å². The summed E-state index contributed by atoms with van der Waals surface area (Å²) in [6, 6.07) is 6.73. The first-order valence-electron chi connectivity index (χ1n) is 8.25. The van der Waals surface area contributed by atoms with Crippen LogP contribution in [-0.2, 0) is 19.6 Å². The fourth-order valence-corrected chi connectivity index (χ4v) is 3.96. The second-order valence-electron chi connectivity index (χ2n) is 5.99. The van der Waals surface area contributed by atoms with Crippen molar-refractivity contribution in [1.29, 1.82) is 0 Å². The molecule has 25 heavy (non-hydrogen) atoms. The smallest absolute Gasteiger partial charge is 0.384 e. The number of hydrogen-bond donors (Lipinski definition) is 0. The van der Waals surface area contributed by atoms with Crippen molar-refractivity contribution < 1.29 is 17.9 Å². The highest BCUT2D eigenvalue weighted by Gasteiger charge is 2.25. The quantitative estimate of drug-likeness (QED) is 0.350. The van der Waals surface area contributed by atoms with E-state index >= 15 is 0 Å². The highest BCUT2D eigenvalue weighted by molar-refractivity contribution is 7.89. The molecule has 0 amide bonds. The lowest BCUT2D eigenvalue weighted by molar-refractivity contribution is -0.133. The second-order valence-corrected chi connectivity index (χ2v) is 7.93. The number of ether oxygens (including phenoxy) is 1. The Labute approximate surface area is 149 Å². The van der Waals surface area contributed by atoms with Gasteiger partial charge in [0.25, 0.3) is 0 Å². The van der Waals surface area contributed by atoms with Crippen molar-refractivity contribution in [2.45, 2.75) is 37.5 Å². The van der Waals surface area contributed by atoms with Crippen LogP contribution in [-0.4, -0.2) is 38.9 Å². The Hall–Kier alpha value is -2.10. The average Bonchev–Trinajstić information content (AvgIpc) is 2.62. The summed E-state index contributed by atoms with van der Waals surface area (Å²) < 4.78 is 31.8. The predicted octanol–water partition coefficient (Wildman–Crippen LogP) is 2.66. The van der Waals surface area contributed by atoms with Gasteiger partial charge in [0.15, 0.2) is 0 Å². The average molecular weight is 361 g/mol. The second kappa shape index (κ2) is 8.84. The Morgan fingerprint density at radius 3 is 2.56 bits per heavy atom. The minimum absolute atomic E-state index is 0.0529. The number of esters is 1. The first-order chi connectivity index (χ1) is 11.9. The van der Waals surface area contributed by atoms with Gasteiger partial charge in [-0.1, -0.05) is 35.3 Å². The summed E-state index contributed by atoms with van der Waals surface area (Å²) >= 11 is 0. The molecular weight excluding hydrogens is 338 g/mol. The van der Waals surface area contributed by atoms with Crippen LogP contribution < -0.4 is 0 Å². The SMILES string of the molecule is COC(=O)C#CCN(CC1=CCCCC1)S(=O)(=O)c1ccc(C)cc1. The number of nitrogens with zero attached hydrogens (tertiary/aromatic N) is 1. The molecule has 0 bridgehead atoms. The Morgan fingerprint density at radius 2 is 1.96 bits per heavy atom. The van der Waals surface area contributed by atoms with E-state index in [2.05, 4.69) is 22.7 Å². The van der Waals surface area contributed by atoms with Gasteiger partial charge in [0.1, 0.15) is 0 Å². The highest BCUT2D eigenvalue weighted by Crippen LogP contribution is 2.22. The van der Waals surface area contributed by atoms with E-state index < -0.39 is 16.0 Å². The molecule has 0 aliphatic heterocycles. The first-order valence-corrected chi connectivity index (χ1v) is 9.69. The molecule has 1 aliphatic rings. The summed E-state index contributed by atoms with van der Waals surface area (Å²) in [7, 11) is -2.44. The number of methoxy groups -OCH3 is 1.